The number of anilines is 1. The number of aryl methyl sites for hydroxylation is 1. The minimum atomic E-state index is -4.72. The third-order valence-electron chi connectivity index (χ3n) is 3.88. The van der Waals surface area contributed by atoms with E-state index in [1.807, 2.05) is 22.6 Å². The average Bonchev–Trinajstić information content (AvgIpc) is 3.05. The predicted octanol–water partition coefficient (Wildman–Crippen LogP) is 6.46. The van der Waals surface area contributed by atoms with Crippen molar-refractivity contribution in [2.75, 3.05) is 5.32 Å². The molecule has 3 nitrogen and oxygen atoms in total. The maximum absolute atomic E-state index is 13.8. The lowest BCUT2D eigenvalue weighted by Gasteiger charge is -2.13. The molecule has 28 heavy (non-hydrogen) atoms. The zero-order chi connectivity index (χ0) is 20.5. The lowest BCUT2D eigenvalue weighted by molar-refractivity contribution is -0.141. The Kier molecular flexibility index (Phi) is 6.04. The second-order valence-electron chi connectivity index (χ2n) is 5.85. The lowest BCUT2D eigenvalue weighted by Crippen LogP contribution is -2.17. The Labute approximate surface area is 176 Å². The van der Waals surface area contributed by atoms with Crippen LogP contribution >= 0.6 is 33.9 Å². The Bertz CT molecular complexity index is 1030. The summed E-state index contributed by atoms with van der Waals surface area (Å²) in [4.78, 5) is 15.5. The Morgan fingerprint density at radius 3 is 2.61 bits per heavy atom. The molecule has 0 atom stereocenters. The highest BCUT2D eigenvalue weighted by Gasteiger charge is 2.39. The molecule has 0 saturated heterocycles. The SMILES string of the molecule is Cc1nc(C(F)(F)F)c(C(=O)Nc2ccccc2-c2ccc(F)c(CI)c2)s1. The van der Waals surface area contributed by atoms with Crippen LogP contribution in [0.1, 0.15) is 25.9 Å². The fourth-order valence-electron chi connectivity index (χ4n) is 2.64. The van der Waals surface area contributed by atoms with Gasteiger partial charge in [-0.25, -0.2) is 9.37 Å². The molecule has 0 aliphatic carbocycles. The first-order chi connectivity index (χ1) is 13.2. The van der Waals surface area contributed by atoms with E-state index in [1.165, 1.54) is 13.0 Å². The van der Waals surface area contributed by atoms with E-state index >= 15 is 0 Å². The Morgan fingerprint density at radius 2 is 1.93 bits per heavy atom. The summed E-state index contributed by atoms with van der Waals surface area (Å²) in [6.45, 7) is 1.41. The molecular weight excluding hydrogens is 507 g/mol. The molecule has 0 bridgehead atoms. The molecule has 0 aliphatic heterocycles. The molecule has 2 aromatic carbocycles. The van der Waals surface area contributed by atoms with Crippen molar-refractivity contribution in [1.82, 2.24) is 4.98 Å². The minimum Gasteiger partial charge on any atom is -0.321 e. The number of carbonyl (C=O) groups is 1. The smallest absolute Gasteiger partial charge is 0.321 e. The van der Waals surface area contributed by atoms with Gasteiger partial charge in [0.2, 0.25) is 0 Å². The van der Waals surface area contributed by atoms with Crippen LogP contribution in [0.4, 0.5) is 23.2 Å². The van der Waals surface area contributed by atoms with Gasteiger partial charge in [-0.15, -0.1) is 11.3 Å². The fourth-order valence-corrected chi connectivity index (χ4v) is 4.06. The standard InChI is InChI=1S/C19H13F4IN2OS/c1-10-25-17(19(21,22)23)16(28-10)18(27)26-15-5-3-2-4-13(15)11-6-7-14(20)12(8-11)9-24/h2-8H,9H2,1H3,(H,26,27). The minimum absolute atomic E-state index is 0.149. The van der Waals surface area contributed by atoms with Crippen LogP contribution in [0.15, 0.2) is 42.5 Å². The van der Waals surface area contributed by atoms with E-state index in [1.54, 1.807) is 36.4 Å². The van der Waals surface area contributed by atoms with Crippen molar-refractivity contribution in [2.45, 2.75) is 17.5 Å². The van der Waals surface area contributed by atoms with E-state index in [2.05, 4.69) is 10.3 Å². The molecular formula is C19H13F4IN2OS. The summed E-state index contributed by atoms with van der Waals surface area (Å²) in [6.07, 6.45) is -4.72. The number of carbonyl (C=O) groups excluding carboxylic acids is 1. The summed E-state index contributed by atoms with van der Waals surface area (Å²) >= 11 is 2.73. The molecule has 3 rings (SSSR count). The van der Waals surface area contributed by atoms with Crippen LogP contribution in [-0.2, 0) is 10.6 Å². The van der Waals surface area contributed by atoms with E-state index in [0.717, 1.165) is 0 Å². The largest absolute Gasteiger partial charge is 0.435 e. The van der Waals surface area contributed by atoms with Gasteiger partial charge in [0.15, 0.2) is 5.69 Å². The third kappa shape index (κ3) is 4.35. The average molecular weight is 520 g/mol. The van der Waals surface area contributed by atoms with Gasteiger partial charge in [-0.3, -0.25) is 4.79 Å². The van der Waals surface area contributed by atoms with E-state index in [0.29, 0.717) is 38.1 Å². The predicted molar refractivity (Wildman–Crippen MR) is 109 cm³/mol. The summed E-state index contributed by atoms with van der Waals surface area (Å²) in [6, 6.07) is 11.2. The summed E-state index contributed by atoms with van der Waals surface area (Å²) in [7, 11) is 0. The molecule has 0 aliphatic rings. The molecule has 1 aromatic heterocycles. The normalized spacial score (nSPS) is 11.5. The Balaban J connectivity index is 1.98. The highest BCUT2D eigenvalue weighted by atomic mass is 127. The quantitative estimate of drug-likeness (QED) is 0.244. The summed E-state index contributed by atoms with van der Waals surface area (Å²) in [5, 5.41) is 2.69. The fraction of sp³-hybridized carbons (Fsp3) is 0.158. The summed E-state index contributed by atoms with van der Waals surface area (Å²) < 4.78 is 53.7. The number of thiazole rings is 1. The van der Waals surface area contributed by atoms with Gasteiger partial charge in [-0.05, 0) is 36.2 Å². The molecule has 146 valence electrons. The first-order valence-corrected chi connectivity index (χ1v) is 10.3. The Hall–Kier alpha value is -2.01. The van der Waals surface area contributed by atoms with Gasteiger partial charge < -0.3 is 5.32 Å². The maximum atomic E-state index is 13.8. The second kappa shape index (κ2) is 8.16. The summed E-state index contributed by atoms with van der Waals surface area (Å²) in [5.74, 6) is -1.23. The van der Waals surface area contributed by atoms with E-state index in [4.69, 9.17) is 0 Å². The van der Waals surface area contributed by atoms with Crippen molar-refractivity contribution >= 4 is 45.5 Å². The number of hydrogen-bond donors (Lipinski definition) is 1. The van der Waals surface area contributed by atoms with Gasteiger partial charge in [-0.2, -0.15) is 13.2 Å². The van der Waals surface area contributed by atoms with Crippen molar-refractivity contribution in [2.24, 2.45) is 0 Å². The summed E-state index contributed by atoms with van der Waals surface area (Å²) in [5.41, 5.74) is 0.866. The number of hydrogen-bond acceptors (Lipinski definition) is 3. The zero-order valence-corrected chi connectivity index (χ0v) is 17.4. The highest BCUT2D eigenvalue weighted by Crippen LogP contribution is 2.35. The van der Waals surface area contributed by atoms with E-state index < -0.39 is 22.7 Å². The van der Waals surface area contributed by atoms with Crippen LogP contribution in [-0.4, -0.2) is 10.9 Å². The number of halogens is 5. The maximum Gasteiger partial charge on any atom is 0.435 e. The van der Waals surface area contributed by atoms with Crippen molar-refractivity contribution in [3.05, 3.63) is 69.4 Å². The van der Waals surface area contributed by atoms with Gasteiger partial charge in [-0.1, -0.05) is 46.9 Å². The Morgan fingerprint density at radius 1 is 1.21 bits per heavy atom. The van der Waals surface area contributed by atoms with Crippen LogP contribution in [0.25, 0.3) is 11.1 Å². The number of nitrogens with zero attached hydrogens (tertiary/aromatic N) is 1. The number of nitrogens with one attached hydrogen (secondary N) is 1. The van der Waals surface area contributed by atoms with E-state index in [9.17, 15) is 22.4 Å². The number of benzene rings is 2. The molecule has 0 fully saturated rings. The van der Waals surface area contributed by atoms with Crippen molar-refractivity contribution in [3.8, 4) is 11.1 Å². The van der Waals surface area contributed by atoms with Crippen molar-refractivity contribution in [1.29, 1.82) is 0 Å². The van der Waals surface area contributed by atoms with Gasteiger partial charge in [0.05, 0.1) is 5.01 Å². The van der Waals surface area contributed by atoms with E-state index in [-0.39, 0.29) is 10.8 Å². The monoisotopic (exact) mass is 520 g/mol. The number of alkyl halides is 4. The molecule has 1 heterocycles. The second-order valence-corrected chi connectivity index (χ2v) is 7.81. The van der Waals surface area contributed by atoms with Gasteiger partial charge in [0, 0.05) is 15.7 Å². The lowest BCUT2D eigenvalue weighted by atomic mass is 10.0. The van der Waals surface area contributed by atoms with Gasteiger partial charge in [0.1, 0.15) is 10.7 Å². The van der Waals surface area contributed by atoms with Crippen LogP contribution in [0.5, 0.6) is 0 Å². The topological polar surface area (TPSA) is 42.0 Å². The van der Waals surface area contributed by atoms with Crippen LogP contribution in [0, 0.1) is 12.7 Å². The molecule has 3 aromatic rings. The number of amides is 1. The molecule has 0 spiro atoms. The molecule has 0 radical (unpaired) electrons. The number of aromatic nitrogens is 1. The first kappa shape index (κ1) is 20.7. The van der Waals surface area contributed by atoms with Gasteiger partial charge >= 0.3 is 6.18 Å². The highest BCUT2D eigenvalue weighted by molar-refractivity contribution is 14.1. The molecule has 1 N–H and O–H groups in total. The molecule has 0 saturated carbocycles. The molecule has 1 amide bonds. The first-order valence-electron chi connectivity index (χ1n) is 8.00. The van der Waals surface area contributed by atoms with Crippen molar-refractivity contribution < 1.29 is 22.4 Å². The number of rotatable bonds is 4. The number of para-hydroxylation sites is 1. The van der Waals surface area contributed by atoms with Crippen molar-refractivity contribution in [3.63, 3.8) is 0 Å². The third-order valence-corrected chi connectivity index (χ3v) is 5.68. The van der Waals surface area contributed by atoms with Crippen LogP contribution < -0.4 is 5.32 Å². The van der Waals surface area contributed by atoms with Crippen LogP contribution in [0.3, 0.4) is 0 Å². The van der Waals surface area contributed by atoms with Gasteiger partial charge in [0.25, 0.3) is 5.91 Å². The van der Waals surface area contributed by atoms with Crippen LogP contribution in [0.2, 0.25) is 0 Å². The molecule has 9 heteroatoms. The molecule has 0 unspecified atom stereocenters. The zero-order valence-electron chi connectivity index (χ0n) is 14.4.